The summed E-state index contributed by atoms with van der Waals surface area (Å²) in [5.41, 5.74) is 0. The van der Waals surface area contributed by atoms with Crippen LogP contribution in [0.5, 0.6) is 0 Å². The second-order valence-electron chi connectivity index (χ2n) is 2.73. The van der Waals surface area contributed by atoms with Crippen LogP contribution in [0.1, 0.15) is 19.8 Å². The summed E-state index contributed by atoms with van der Waals surface area (Å²) in [4.78, 5) is 20.6. The van der Waals surface area contributed by atoms with Gasteiger partial charge in [0.25, 0.3) is 0 Å². The molecule has 0 heterocycles. The van der Waals surface area contributed by atoms with E-state index >= 15 is 0 Å². The summed E-state index contributed by atoms with van der Waals surface area (Å²) in [6.45, 7) is 1.29. The van der Waals surface area contributed by atoms with Gasteiger partial charge in [0.1, 0.15) is 5.16 Å². The molecule has 12 heavy (non-hydrogen) atoms. The zero-order valence-electron chi connectivity index (χ0n) is 6.61. The first-order valence-electron chi connectivity index (χ1n) is 3.34. The van der Waals surface area contributed by atoms with Crippen LogP contribution in [-0.2, 0) is 14.2 Å². The van der Waals surface area contributed by atoms with Gasteiger partial charge in [-0.3, -0.25) is 9.59 Å². The van der Waals surface area contributed by atoms with Crippen LogP contribution in [-0.4, -0.2) is 27.3 Å². The van der Waals surface area contributed by atoms with Gasteiger partial charge in [0.15, 0.2) is 0 Å². The van der Waals surface area contributed by atoms with Crippen LogP contribution in [0.3, 0.4) is 0 Å². The van der Waals surface area contributed by atoms with Crippen molar-refractivity contribution in [1.82, 2.24) is 0 Å². The molecule has 0 aromatic heterocycles. The predicted molar refractivity (Wildman–Crippen MR) is 43.3 cm³/mol. The standard InChI is InChI=1S/C6H11O5P/c1-6(12-11,5(9)10)3-2-4(7)8/h2-3,12H2,1H3,(H,7,8)(H,9,10). The van der Waals surface area contributed by atoms with E-state index in [1.165, 1.54) is 6.92 Å². The Morgan fingerprint density at radius 3 is 2.17 bits per heavy atom. The average molecular weight is 194 g/mol. The van der Waals surface area contributed by atoms with Gasteiger partial charge in [0.05, 0.1) is 8.46 Å². The lowest BCUT2D eigenvalue weighted by Gasteiger charge is -2.15. The topological polar surface area (TPSA) is 91.7 Å². The molecule has 0 saturated carbocycles. The minimum absolute atomic E-state index is 0.0868. The summed E-state index contributed by atoms with van der Waals surface area (Å²) < 4.78 is 10.5. The molecular formula is C6H11O5P. The summed E-state index contributed by atoms with van der Waals surface area (Å²) in [6.07, 6.45) is -0.353. The smallest absolute Gasteiger partial charge is 0.316 e. The SMILES string of the molecule is CC(CCC(=O)O)([PH2]=O)C(=O)O. The minimum atomic E-state index is -1.50. The van der Waals surface area contributed by atoms with Crippen molar-refractivity contribution in [1.29, 1.82) is 0 Å². The van der Waals surface area contributed by atoms with E-state index in [9.17, 15) is 14.2 Å². The molecule has 0 spiro atoms. The van der Waals surface area contributed by atoms with Crippen molar-refractivity contribution in [3.05, 3.63) is 0 Å². The number of carboxylic acid groups (broad SMARTS) is 2. The molecule has 70 valence electrons. The molecule has 0 aromatic carbocycles. The first-order chi connectivity index (χ1) is 5.42. The fourth-order valence-electron chi connectivity index (χ4n) is 0.583. The van der Waals surface area contributed by atoms with E-state index < -0.39 is 25.6 Å². The number of hydrogen-bond acceptors (Lipinski definition) is 3. The molecule has 0 aromatic rings. The van der Waals surface area contributed by atoms with Crippen LogP contribution in [0.15, 0.2) is 0 Å². The largest absolute Gasteiger partial charge is 0.481 e. The zero-order chi connectivity index (χ0) is 9.78. The van der Waals surface area contributed by atoms with Gasteiger partial charge >= 0.3 is 11.9 Å². The van der Waals surface area contributed by atoms with Gasteiger partial charge in [-0.15, -0.1) is 0 Å². The molecule has 2 atom stereocenters. The summed E-state index contributed by atoms with van der Waals surface area (Å²) in [7, 11) is -1.50. The normalized spacial score (nSPS) is 16.1. The molecule has 2 unspecified atom stereocenters. The highest BCUT2D eigenvalue weighted by Gasteiger charge is 2.32. The van der Waals surface area contributed by atoms with Gasteiger partial charge in [-0.1, -0.05) is 0 Å². The van der Waals surface area contributed by atoms with Crippen LogP contribution in [0.4, 0.5) is 0 Å². The number of aliphatic carboxylic acids is 2. The highest BCUT2D eigenvalue weighted by atomic mass is 31.1. The zero-order valence-corrected chi connectivity index (χ0v) is 7.77. The van der Waals surface area contributed by atoms with Gasteiger partial charge in [-0.05, 0) is 13.3 Å². The van der Waals surface area contributed by atoms with Crippen LogP contribution < -0.4 is 0 Å². The van der Waals surface area contributed by atoms with Crippen molar-refractivity contribution in [3.63, 3.8) is 0 Å². The molecule has 0 fully saturated rings. The Morgan fingerprint density at radius 2 is 1.92 bits per heavy atom. The Kier molecular flexibility index (Phi) is 3.96. The Hall–Kier alpha value is -0.830. The molecule has 0 radical (unpaired) electrons. The van der Waals surface area contributed by atoms with Gasteiger partial charge in [-0.25, -0.2) is 0 Å². The average Bonchev–Trinajstić information content (AvgIpc) is 1.99. The quantitative estimate of drug-likeness (QED) is 0.620. The Bertz CT molecular complexity index is 214. The van der Waals surface area contributed by atoms with E-state index in [1.54, 1.807) is 0 Å². The predicted octanol–water partition coefficient (Wildman–Crippen LogP) is 0.451. The fourth-order valence-corrected chi connectivity index (χ4v) is 0.946. The summed E-state index contributed by atoms with van der Waals surface area (Å²) in [6, 6.07) is 0. The molecule has 0 aliphatic heterocycles. The first kappa shape index (κ1) is 11.2. The third kappa shape index (κ3) is 3.05. The van der Waals surface area contributed by atoms with Crippen molar-refractivity contribution >= 4 is 20.4 Å². The number of carboxylic acids is 2. The molecule has 5 nitrogen and oxygen atoms in total. The lowest BCUT2D eigenvalue weighted by molar-refractivity contribution is -0.140. The third-order valence-electron chi connectivity index (χ3n) is 1.61. The molecule has 0 bridgehead atoms. The summed E-state index contributed by atoms with van der Waals surface area (Å²) in [5.74, 6) is -2.27. The van der Waals surface area contributed by atoms with E-state index in [0.29, 0.717) is 0 Å². The Balaban J connectivity index is 4.25. The van der Waals surface area contributed by atoms with E-state index in [-0.39, 0.29) is 12.8 Å². The Labute approximate surface area is 70.6 Å². The van der Waals surface area contributed by atoms with Crippen molar-refractivity contribution in [2.45, 2.75) is 24.9 Å². The van der Waals surface area contributed by atoms with Crippen LogP contribution in [0.25, 0.3) is 0 Å². The molecule has 0 rings (SSSR count). The van der Waals surface area contributed by atoms with E-state index in [1.807, 2.05) is 0 Å². The Morgan fingerprint density at radius 1 is 1.42 bits per heavy atom. The van der Waals surface area contributed by atoms with Crippen LogP contribution in [0.2, 0.25) is 0 Å². The fraction of sp³-hybridized carbons (Fsp3) is 0.667. The van der Waals surface area contributed by atoms with Crippen molar-refractivity contribution < 1.29 is 24.4 Å². The number of hydrogen-bond donors (Lipinski definition) is 2. The molecule has 0 amide bonds. The monoisotopic (exact) mass is 194 g/mol. The second-order valence-corrected chi connectivity index (χ2v) is 4.24. The van der Waals surface area contributed by atoms with Crippen LogP contribution in [0, 0.1) is 0 Å². The van der Waals surface area contributed by atoms with Gasteiger partial charge in [0, 0.05) is 6.42 Å². The first-order valence-corrected chi connectivity index (χ1v) is 4.39. The summed E-state index contributed by atoms with van der Waals surface area (Å²) >= 11 is 0. The summed E-state index contributed by atoms with van der Waals surface area (Å²) in [5, 5.41) is 15.5. The van der Waals surface area contributed by atoms with E-state index in [0.717, 1.165) is 0 Å². The van der Waals surface area contributed by atoms with Crippen LogP contribution >= 0.6 is 8.46 Å². The molecule has 0 saturated heterocycles. The lowest BCUT2D eigenvalue weighted by atomic mass is 10.1. The molecule has 2 N–H and O–H groups in total. The van der Waals surface area contributed by atoms with E-state index in [4.69, 9.17) is 10.2 Å². The lowest BCUT2D eigenvalue weighted by Crippen LogP contribution is -2.29. The molecule has 6 heteroatoms. The van der Waals surface area contributed by atoms with Gasteiger partial charge in [0.2, 0.25) is 0 Å². The highest BCUT2D eigenvalue weighted by molar-refractivity contribution is 7.27. The maximum Gasteiger partial charge on any atom is 0.316 e. The van der Waals surface area contributed by atoms with Crippen molar-refractivity contribution in [3.8, 4) is 0 Å². The van der Waals surface area contributed by atoms with Gasteiger partial charge in [-0.2, -0.15) is 0 Å². The third-order valence-corrected chi connectivity index (χ3v) is 2.66. The number of rotatable bonds is 5. The second kappa shape index (κ2) is 4.26. The highest BCUT2D eigenvalue weighted by Crippen LogP contribution is 2.28. The van der Waals surface area contributed by atoms with Crippen molar-refractivity contribution in [2.24, 2.45) is 0 Å². The molecule has 0 aliphatic carbocycles. The van der Waals surface area contributed by atoms with Gasteiger partial charge < -0.3 is 14.8 Å². The maximum atomic E-state index is 10.5. The maximum absolute atomic E-state index is 10.5. The van der Waals surface area contributed by atoms with E-state index in [2.05, 4.69) is 0 Å². The molecule has 0 aliphatic rings. The van der Waals surface area contributed by atoms with Crippen molar-refractivity contribution in [2.75, 3.05) is 0 Å². The minimum Gasteiger partial charge on any atom is -0.481 e. The number of carbonyl (C=O) groups is 2. The molecular weight excluding hydrogens is 183 g/mol.